The molecule has 0 saturated heterocycles. The number of rotatable bonds is 5. The van der Waals surface area contributed by atoms with E-state index in [1.807, 2.05) is 13.0 Å². The lowest BCUT2D eigenvalue weighted by atomic mass is 10.1. The lowest BCUT2D eigenvalue weighted by Crippen LogP contribution is -2.56. The van der Waals surface area contributed by atoms with Gasteiger partial charge in [-0.15, -0.1) is 0 Å². The minimum absolute atomic E-state index is 0.182. The minimum atomic E-state index is -1.83. The second-order valence-electron chi connectivity index (χ2n) is 5.64. The molecule has 0 aliphatic carbocycles. The standard InChI is InChI=1S/C18H18Cl3N3O2S/c1-11-4-3-5-12(10-11)15(25)23-16(18(19,20)21)24-17(27)22-13-6-8-14(26-2)9-7-13/h3-10,16H,1-2H3,(H,23,25)(H2,22,24,27)/t16-/m1/s1. The number of hydrogen-bond donors (Lipinski definition) is 3. The van der Waals surface area contributed by atoms with Gasteiger partial charge in [0, 0.05) is 11.3 Å². The molecule has 0 aromatic heterocycles. The van der Waals surface area contributed by atoms with Crippen LogP contribution in [-0.2, 0) is 0 Å². The Labute approximate surface area is 178 Å². The van der Waals surface area contributed by atoms with Crippen molar-refractivity contribution in [1.82, 2.24) is 10.6 Å². The zero-order chi connectivity index (χ0) is 20.0. The highest BCUT2D eigenvalue weighted by atomic mass is 35.6. The molecule has 0 heterocycles. The van der Waals surface area contributed by atoms with Crippen LogP contribution in [0.2, 0.25) is 0 Å². The van der Waals surface area contributed by atoms with Gasteiger partial charge in [-0.3, -0.25) is 4.79 Å². The third-order valence-electron chi connectivity index (χ3n) is 3.51. The third kappa shape index (κ3) is 6.74. The smallest absolute Gasteiger partial charge is 0.252 e. The van der Waals surface area contributed by atoms with E-state index in [0.29, 0.717) is 17.0 Å². The van der Waals surface area contributed by atoms with Crippen LogP contribution in [0.15, 0.2) is 48.5 Å². The fourth-order valence-electron chi connectivity index (χ4n) is 2.17. The minimum Gasteiger partial charge on any atom is -0.497 e. The number of halogens is 3. The maximum atomic E-state index is 12.5. The summed E-state index contributed by atoms with van der Waals surface area (Å²) in [5.41, 5.74) is 2.10. The van der Waals surface area contributed by atoms with Crippen LogP contribution in [0, 0.1) is 6.92 Å². The predicted molar refractivity (Wildman–Crippen MR) is 115 cm³/mol. The molecular formula is C18H18Cl3N3O2S. The van der Waals surface area contributed by atoms with Crippen molar-refractivity contribution in [3.63, 3.8) is 0 Å². The first kappa shape index (κ1) is 21.6. The number of methoxy groups -OCH3 is 1. The van der Waals surface area contributed by atoms with Crippen LogP contribution >= 0.6 is 47.0 Å². The molecule has 0 spiro atoms. The van der Waals surface area contributed by atoms with E-state index in [4.69, 9.17) is 51.8 Å². The summed E-state index contributed by atoms with van der Waals surface area (Å²) < 4.78 is 3.27. The van der Waals surface area contributed by atoms with Crippen LogP contribution in [0.3, 0.4) is 0 Å². The zero-order valence-corrected chi connectivity index (χ0v) is 17.6. The highest BCUT2D eigenvalue weighted by Crippen LogP contribution is 2.29. The lowest BCUT2D eigenvalue weighted by Gasteiger charge is -2.27. The molecule has 3 N–H and O–H groups in total. The Bertz CT molecular complexity index is 810. The summed E-state index contributed by atoms with van der Waals surface area (Å²) in [6.07, 6.45) is -1.05. The molecule has 144 valence electrons. The van der Waals surface area contributed by atoms with Gasteiger partial charge in [0.15, 0.2) is 5.11 Å². The van der Waals surface area contributed by atoms with E-state index < -0.39 is 15.9 Å². The van der Waals surface area contributed by atoms with Gasteiger partial charge in [-0.25, -0.2) is 0 Å². The Morgan fingerprint density at radius 1 is 1.11 bits per heavy atom. The summed E-state index contributed by atoms with van der Waals surface area (Å²) in [7, 11) is 1.58. The molecule has 0 fully saturated rings. The van der Waals surface area contributed by atoms with Gasteiger partial charge in [0.25, 0.3) is 5.91 Å². The van der Waals surface area contributed by atoms with E-state index in [1.54, 1.807) is 49.6 Å². The summed E-state index contributed by atoms with van der Waals surface area (Å²) in [5, 5.41) is 8.59. The Morgan fingerprint density at radius 2 is 1.78 bits per heavy atom. The second-order valence-corrected chi connectivity index (χ2v) is 8.42. The summed E-state index contributed by atoms with van der Waals surface area (Å²) in [5.74, 6) is 0.318. The molecule has 5 nitrogen and oxygen atoms in total. The van der Waals surface area contributed by atoms with Crippen LogP contribution < -0.4 is 20.7 Å². The van der Waals surface area contributed by atoms with Crippen molar-refractivity contribution in [2.24, 2.45) is 0 Å². The highest BCUT2D eigenvalue weighted by Gasteiger charge is 2.34. The van der Waals surface area contributed by atoms with E-state index >= 15 is 0 Å². The van der Waals surface area contributed by atoms with Gasteiger partial charge in [-0.1, -0.05) is 52.5 Å². The number of carbonyl (C=O) groups is 1. The molecule has 0 aliphatic rings. The number of alkyl halides is 3. The third-order valence-corrected chi connectivity index (χ3v) is 4.38. The fraction of sp³-hybridized carbons (Fsp3) is 0.222. The molecule has 0 aliphatic heterocycles. The van der Waals surface area contributed by atoms with Crippen molar-refractivity contribution in [2.75, 3.05) is 12.4 Å². The van der Waals surface area contributed by atoms with E-state index in [1.165, 1.54) is 0 Å². The Kier molecular flexibility index (Phi) is 7.56. The maximum absolute atomic E-state index is 12.5. The van der Waals surface area contributed by atoms with Gasteiger partial charge in [-0.05, 0) is 55.5 Å². The molecule has 2 rings (SSSR count). The van der Waals surface area contributed by atoms with Gasteiger partial charge < -0.3 is 20.7 Å². The largest absolute Gasteiger partial charge is 0.497 e. The number of anilines is 1. The number of ether oxygens (including phenoxy) is 1. The molecule has 0 radical (unpaired) electrons. The van der Waals surface area contributed by atoms with Gasteiger partial charge >= 0.3 is 0 Å². The molecule has 2 aromatic rings. The second kappa shape index (κ2) is 9.46. The van der Waals surface area contributed by atoms with Gasteiger partial charge in [0.05, 0.1) is 7.11 Å². The van der Waals surface area contributed by atoms with E-state index in [2.05, 4.69) is 16.0 Å². The van der Waals surface area contributed by atoms with Crippen LogP contribution in [0.5, 0.6) is 5.75 Å². The quantitative estimate of drug-likeness (QED) is 0.361. The predicted octanol–water partition coefficient (Wildman–Crippen LogP) is 4.42. The monoisotopic (exact) mass is 445 g/mol. The SMILES string of the molecule is COc1ccc(NC(=S)N[C@@H](NC(=O)c2cccc(C)c2)C(Cl)(Cl)Cl)cc1. The van der Waals surface area contributed by atoms with Crippen LogP contribution in [0.4, 0.5) is 5.69 Å². The molecule has 0 saturated carbocycles. The lowest BCUT2D eigenvalue weighted by molar-refractivity contribution is 0.0934. The molecule has 1 atom stereocenters. The van der Waals surface area contributed by atoms with Crippen molar-refractivity contribution in [2.45, 2.75) is 16.9 Å². The average Bonchev–Trinajstić information content (AvgIpc) is 2.61. The summed E-state index contributed by atoms with van der Waals surface area (Å²) in [4.78, 5) is 12.5. The van der Waals surface area contributed by atoms with E-state index in [9.17, 15) is 4.79 Å². The number of amides is 1. The highest BCUT2D eigenvalue weighted by molar-refractivity contribution is 7.80. The number of aryl methyl sites for hydroxylation is 1. The van der Waals surface area contributed by atoms with Crippen LogP contribution in [-0.4, -0.2) is 28.1 Å². The molecule has 9 heteroatoms. The van der Waals surface area contributed by atoms with E-state index in [-0.39, 0.29) is 5.11 Å². The number of thiocarbonyl (C=S) groups is 1. The Balaban J connectivity index is 2.05. The first-order valence-electron chi connectivity index (χ1n) is 7.85. The van der Waals surface area contributed by atoms with Crippen LogP contribution in [0.1, 0.15) is 15.9 Å². The van der Waals surface area contributed by atoms with Crippen molar-refractivity contribution in [3.05, 3.63) is 59.7 Å². The van der Waals surface area contributed by atoms with Gasteiger partial charge in [-0.2, -0.15) is 0 Å². The number of hydrogen-bond acceptors (Lipinski definition) is 3. The average molecular weight is 447 g/mol. The molecule has 27 heavy (non-hydrogen) atoms. The zero-order valence-electron chi connectivity index (χ0n) is 14.6. The summed E-state index contributed by atoms with van der Waals surface area (Å²) >= 11 is 23.2. The van der Waals surface area contributed by atoms with Gasteiger partial charge in [0.1, 0.15) is 11.9 Å². The van der Waals surface area contributed by atoms with Gasteiger partial charge in [0.2, 0.25) is 3.79 Å². The first-order chi connectivity index (χ1) is 12.7. The fourth-order valence-corrected chi connectivity index (χ4v) is 2.74. The van der Waals surface area contributed by atoms with Crippen molar-refractivity contribution >= 4 is 63.7 Å². The normalized spacial score (nSPS) is 12.0. The Hall–Kier alpha value is -1.73. The Morgan fingerprint density at radius 3 is 2.33 bits per heavy atom. The topological polar surface area (TPSA) is 62.4 Å². The summed E-state index contributed by atoms with van der Waals surface area (Å²) in [6.45, 7) is 1.88. The van der Waals surface area contributed by atoms with Crippen molar-refractivity contribution in [3.8, 4) is 5.75 Å². The molecule has 1 amide bonds. The first-order valence-corrected chi connectivity index (χ1v) is 9.39. The number of nitrogens with one attached hydrogen (secondary N) is 3. The maximum Gasteiger partial charge on any atom is 0.252 e. The van der Waals surface area contributed by atoms with Crippen molar-refractivity contribution < 1.29 is 9.53 Å². The molecule has 2 aromatic carbocycles. The number of carbonyl (C=O) groups excluding carboxylic acids is 1. The summed E-state index contributed by atoms with van der Waals surface area (Å²) in [6, 6.07) is 14.2. The molecule has 0 bridgehead atoms. The van der Waals surface area contributed by atoms with Crippen LogP contribution in [0.25, 0.3) is 0 Å². The van der Waals surface area contributed by atoms with E-state index in [0.717, 1.165) is 5.56 Å². The molecule has 0 unspecified atom stereocenters. The van der Waals surface area contributed by atoms with Crippen molar-refractivity contribution in [1.29, 1.82) is 0 Å². The number of benzene rings is 2. The molecular weight excluding hydrogens is 429 g/mol.